The van der Waals surface area contributed by atoms with Crippen LogP contribution in [0.2, 0.25) is 5.02 Å². The third kappa shape index (κ3) is 4.44. The number of halogens is 2. The minimum absolute atomic E-state index is 0.0795. The summed E-state index contributed by atoms with van der Waals surface area (Å²) in [7, 11) is 0. The van der Waals surface area contributed by atoms with Gasteiger partial charge in [0, 0.05) is 27.1 Å². The number of nitrogens with one attached hydrogen (secondary N) is 1. The van der Waals surface area contributed by atoms with Gasteiger partial charge in [0.05, 0.1) is 5.69 Å². The zero-order valence-electron chi connectivity index (χ0n) is 10.6. The SMILES string of the molecule is O=C(CCCl)Nc1ccccc1Sc1ccc(Cl)cc1. The van der Waals surface area contributed by atoms with Gasteiger partial charge in [-0.2, -0.15) is 0 Å². The van der Waals surface area contributed by atoms with Crippen LogP contribution in [-0.2, 0) is 4.79 Å². The fourth-order valence-corrected chi connectivity index (χ4v) is 2.79. The van der Waals surface area contributed by atoms with Gasteiger partial charge in [-0.25, -0.2) is 0 Å². The fourth-order valence-electron chi connectivity index (χ4n) is 1.59. The van der Waals surface area contributed by atoms with Crippen LogP contribution in [0.3, 0.4) is 0 Å². The summed E-state index contributed by atoms with van der Waals surface area (Å²) >= 11 is 13.0. The summed E-state index contributed by atoms with van der Waals surface area (Å²) in [6.45, 7) is 0. The summed E-state index contributed by atoms with van der Waals surface area (Å²) in [5.41, 5.74) is 0.794. The minimum atomic E-state index is -0.0795. The van der Waals surface area contributed by atoms with Crippen molar-refractivity contribution in [3.05, 3.63) is 53.6 Å². The van der Waals surface area contributed by atoms with Crippen molar-refractivity contribution in [2.45, 2.75) is 16.2 Å². The summed E-state index contributed by atoms with van der Waals surface area (Å²) in [5, 5.41) is 3.58. The molecule has 2 aromatic carbocycles. The lowest BCUT2D eigenvalue weighted by molar-refractivity contribution is -0.115. The summed E-state index contributed by atoms with van der Waals surface area (Å²) in [6.07, 6.45) is 0.307. The molecule has 0 aromatic heterocycles. The van der Waals surface area contributed by atoms with Gasteiger partial charge >= 0.3 is 0 Å². The van der Waals surface area contributed by atoms with E-state index in [0.29, 0.717) is 17.3 Å². The van der Waals surface area contributed by atoms with Gasteiger partial charge in [0.1, 0.15) is 0 Å². The van der Waals surface area contributed by atoms with Crippen LogP contribution in [0.5, 0.6) is 0 Å². The number of anilines is 1. The van der Waals surface area contributed by atoms with E-state index in [4.69, 9.17) is 23.2 Å². The van der Waals surface area contributed by atoms with Gasteiger partial charge in [-0.15, -0.1) is 11.6 Å². The quantitative estimate of drug-likeness (QED) is 0.778. The lowest BCUT2D eigenvalue weighted by atomic mass is 10.3. The Morgan fingerprint density at radius 1 is 1.10 bits per heavy atom. The monoisotopic (exact) mass is 325 g/mol. The van der Waals surface area contributed by atoms with Gasteiger partial charge in [-0.05, 0) is 36.4 Å². The molecule has 0 fully saturated rings. The predicted molar refractivity (Wildman–Crippen MR) is 86.0 cm³/mol. The Morgan fingerprint density at radius 2 is 1.80 bits per heavy atom. The van der Waals surface area contributed by atoms with Crippen LogP contribution < -0.4 is 5.32 Å². The summed E-state index contributed by atoms with van der Waals surface area (Å²) in [6, 6.07) is 15.3. The molecule has 2 rings (SSSR count). The Kier molecular flexibility index (Phi) is 5.77. The highest BCUT2D eigenvalue weighted by molar-refractivity contribution is 7.99. The molecule has 0 radical (unpaired) electrons. The second-order valence-electron chi connectivity index (χ2n) is 4.04. The number of hydrogen-bond acceptors (Lipinski definition) is 2. The van der Waals surface area contributed by atoms with Crippen molar-refractivity contribution >= 4 is 46.6 Å². The van der Waals surface area contributed by atoms with E-state index in [1.54, 1.807) is 11.8 Å². The highest BCUT2D eigenvalue weighted by atomic mass is 35.5. The first-order valence-corrected chi connectivity index (χ1v) is 7.80. The third-order valence-electron chi connectivity index (χ3n) is 2.52. The lowest BCUT2D eigenvalue weighted by Crippen LogP contribution is -2.12. The van der Waals surface area contributed by atoms with E-state index in [2.05, 4.69) is 5.32 Å². The number of carbonyl (C=O) groups is 1. The molecule has 0 bridgehead atoms. The molecule has 1 amide bonds. The van der Waals surface area contributed by atoms with Gasteiger partial charge in [0.15, 0.2) is 0 Å². The number of benzene rings is 2. The molecular weight excluding hydrogens is 313 g/mol. The first kappa shape index (κ1) is 15.2. The first-order valence-electron chi connectivity index (χ1n) is 6.07. The van der Waals surface area contributed by atoms with E-state index >= 15 is 0 Å². The lowest BCUT2D eigenvalue weighted by Gasteiger charge is -2.10. The van der Waals surface area contributed by atoms with E-state index in [0.717, 1.165) is 15.5 Å². The number of para-hydroxylation sites is 1. The predicted octanol–water partition coefficient (Wildman–Crippen LogP) is 5.06. The maximum atomic E-state index is 11.6. The molecular formula is C15H13Cl2NOS. The number of amides is 1. The highest BCUT2D eigenvalue weighted by Crippen LogP contribution is 2.33. The third-order valence-corrected chi connectivity index (χ3v) is 4.05. The van der Waals surface area contributed by atoms with Gasteiger partial charge < -0.3 is 5.32 Å². The van der Waals surface area contributed by atoms with Crippen molar-refractivity contribution in [2.75, 3.05) is 11.2 Å². The average molecular weight is 326 g/mol. The van der Waals surface area contributed by atoms with Crippen LogP contribution in [0, 0.1) is 0 Å². The van der Waals surface area contributed by atoms with E-state index in [-0.39, 0.29) is 5.91 Å². The Labute approximate surface area is 132 Å². The first-order chi connectivity index (χ1) is 9.69. The summed E-state index contributed by atoms with van der Waals surface area (Å²) in [4.78, 5) is 13.7. The van der Waals surface area contributed by atoms with Crippen molar-refractivity contribution in [1.82, 2.24) is 0 Å². The van der Waals surface area contributed by atoms with Gasteiger partial charge in [-0.3, -0.25) is 4.79 Å². The maximum absolute atomic E-state index is 11.6. The number of alkyl halides is 1. The molecule has 0 spiro atoms. The molecule has 0 saturated carbocycles. The standard InChI is InChI=1S/C15H13Cl2NOS/c16-10-9-15(19)18-13-3-1-2-4-14(13)20-12-7-5-11(17)6-8-12/h1-8H,9-10H2,(H,18,19). The highest BCUT2D eigenvalue weighted by Gasteiger charge is 2.07. The van der Waals surface area contributed by atoms with Crippen molar-refractivity contribution in [3.63, 3.8) is 0 Å². The van der Waals surface area contributed by atoms with Crippen molar-refractivity contribution in [3.8, 4) is 0 Å². The number of hydrogen-bond donors (Lipinski definition) is 1. The zero-order valence-corrected chi connectivity index (χ0v) is 12.9. The number of rotatable bonds is 5. The molecule has 0 aliphatic carbocycles. The molecule has 0 saturated heterocycles. The molecule has 0 heterocycles. The molecule has 2 aromatic rings. The number of carbonyl (C=O) groups excluding carboxylic acids is 1. The van der Waals surface area contributed by atoms with E-state index in [1.165, 1.54) is 0 Å². The minimum Gasteiger partial charge on any atom is -0.325 e. The smallest absolute Gasteiger partial charge is 0.225 e. The second-order valence-corrected chi connectivity index (χ2v) is 5.97. The van der Waals surface area contributed by atoms with E-state index in [9.17, 15) is 4.79 Å². The normalized spacial score (nSPS) is 10.3. The van der Waals surface area contributed by atoms with Crippen LogP contribution in [0.1, 0.15) is 6.42 Å². The summed E-state index contributed by atoms with van der Waals surface area (Å²) in [5.74, 6) is 0.238. The van der Waals surface area contributed by atoms with Crippen molar-refractivity contribution < 1.29 is 4.79 Å². The molecule has 0 aliphatic heterocycles. The van der Waals surface area contributed by atoms with Crippen LogP contribution >= 0.6 is 35.0 Å². The molecule has 104 valence electrons. The Bertz CT molecular complexity index is 587. The van der Waals surface area contributed by atoms with E-state index in [1.807, 2.05) is 48.5 Å². The van der Waals surface area contributed by atoms with Crippen molar-refractivity contribution in [1.29, 1.82) is 0 Å². The molecule has 0 atom stereocenters. The fraction of sp³-hybridized carbons (Fsp3) is 0.133. The maximum Gasteiger partial charge on any atom is 0.225 e. The second kappa shape index (κ2) is 7.58. The Morgan fingerprint density at radius 3 is 2.50 bits per heavy atom. The van der Waals surface area contributed by atoms with Crippen molar-refractivity contribution in [2.24, 2.45) is 0 Å². The van der Waals surface area contributed by atoms with E-state index < -0.39 is 0 Å². The summed E-state index contributed by atoms with van der Waals surface area (Å²) < 4.78 is 0. The van der Waals surface area contributed by atoms with Crippen LogP contribution in [0.4, 0.5) is 5.69 Å². The van der Waals surface area contributed by atoms with Gasteiger partial charge in [0.2, 0.25) is 5.91 Å². The zero-order chi connectivity index (χ0) is 14.4. The Hall–Kier alpha value is -1.16. The molecule has 20 heavy (non-hydrogen) atoms. The molecule has 0 aliphatic rings. The molecule has 5 heteroatoms. The molecule has 1 N–H and O–H groups in total. The average Bonchev–Trinajstić information content (AvgIpc) is 2.44. The topological polar surface area (TPSA) is 29.1 Å². The Balaban J connectivity index is 2.15. The molecule has 2 nitrogen and oxygen atoms in total. The van der Waals surface area contributed by atoms with Crippen LogP contribution in [0.25, 0.3) is 0 Å². The van der Waals surface area contributed by atoms with Gasteiger partial charge in [-0.1, -0.05) is 35.5 Å². The van der Waals surface area contributed by atoms with Crippen LogP contribution in [0.15, 0.2) is 58.3 Å². The molecule has 0 unspecified atom stereocenters. The largest absolute Gasteiger partial charge is 0.325 e. The van der Waals surface area contributed by atoms with Crippen LogP contribution in [-0.4, -0.2) is 11.8 Å². The van der Waals surface area contributed by atoms with Gasteiger partial charge in [0.25, 0.3) is 0 Å².